The van der Waals surface area contributed by atoms with Crippen molar-refractivity contribution in [3.8, 4) is 11.6 Å². The maximum atomic E-state index is 5.78. The van der Waals surface area contributed by atoms with Crippen molar-refractivity contribution in [1.29, 1.82) is 0 Å². The van der Waals surface area contributed by atoms with E-state index < -0.39 is 0 Å². The first-order valence-corrected chi connectivity index (χ1v) is 6.98. The van der Waals surface area contributed by atoms with Gasteiger partial charge in [-0.05, 0) is 12.8 Å². The van der Waals surface area contributed by atoms with Gasteiger partial charge in [0.15, 0.2) is 0 Å². The van der Waals surface area contributed by atoms with Crippen LogP contribution in [-0.2, 0) is 4.74 Å². The molecular weight excluding hydrogens is 264 g/mol. The SMILES string of the molecule is COC(c1noc(-c2csc(C(C)N)n2)n1)C(C)C. The van der Waals surface area contributed by atoms with Crippen LogP contribution in [0.5, 0.6) is 0 Å². The number of nitrogens with zero attached hydrogens (tertiary/aromatic N) is 3. The fourth-order valence-electron chi connectivity index (χ4n) is 1.73. The fourth-order valence-corrected chi connectivity index (χ4v) is 2.48. The molecular formula is C12H18N4O2S. The van der Waals surface area contributed by atoms with E-state index in [9.17, 15) is 0 Å². The lowest BCUT2D eigenvalue weighted by Gasteiger charge is -2.14. The van der Waals surface area contributed by atoms with Crippen molar-refractivity contribution in [3.63, 3.8) is 0 Å². The zero-order valence-corrected chi connectivity index (χ0v) is 12.3. The van der Waals surface area contributed by atoms with Gasteiger partial charge in [0, 0.05) is 12.5 Å². The number of aromatic nitrogens is 3. The smallest absolute Gasteiger partial charge is 0.277 e. The van der Waals surface area contributed by atoms with Gasteiger partial charge < -0.3 is 15.0 Å². The molecule has 0 amide bonds. The molecule has 6 nitrogen and oxygen atoms in total. The third-order valence-electron chi connectivity index (χ3n) is 2.69. The Kier molecular flexibility index (Phi) is 4.28. The molecule has 0 saturated heterocycles. The Hall–Kier alpha value is -1.31. The van der Waals surface area contributed by atoms with Gasteiger partial charge in [-0.2, -0.15) is 4.98 Å². The van der Waals surface area contributed by atoms with Crippen LogP contribution in [0.4, 0.5) is 0 Å². The van der Waals surface area contributed by atoms with Gasteiger partial charge in [-0.25, -0.2) is 4.98 Å². The maximum absolute atomic E-state index is 5.78. The molecule has 104 valence electrons. The van der Waals surface area contributed by atoms with E-state index in [-0.39, 0.29) is 18.1 Å². The second kappa shape index (κ2) is 5.77. The largest absolute Gasteiger partial charge is 0.373 e. The number of ether oxygens (including phenoxy) is 1. The molecule has 0 radical (unpaired) electrons. The number of hydrogen-bond donors (Lipinski definition) is 1. The summed E-state index contributed by atoms with van der Waals surface area (Å²) in [6.07, 6.45) is -0.177. The summed E-state index contributed by atoms with van der Waals surface area (Å²) in [6.45, 7) is 5.98. The first-order valence-electron chi connectivity index (χ1n) is 6.10. The van der Waals surface area contributed by atoms with Crippen molar-refractivity contribution in [3.05, 3.63) is 16.2 Å². The summed E-state index contributed by atoms with van der Waals surface area (Å²) in [7, 11) is 1.64. The molecule has 7 heteroatoms. The van der Waals surface area contributed by atoms with Gasteiger partial charge in [-0.1, -0.05) is 19.0 Å². The molecule has 2 aromatic rings. The second-order valence-corrected chi connectivity index (χ2v) is 5.61. The molecule has 0 aliphatic heterocycles. The number of methoxy groups -OCH3 is 1. The van der Waals surface area contributed by atoms with Gasteiger partial charge in [0.2, 0.25) is 5.82 Å². The quantitative estimate of drug-likeness (QED) is 0.906. The highest BCUT2D eigenvalue weighted by Gasteiger charge is 2.22. The van der Waals surface area contributed by atoms with E-state index in [2.05, 4.69) is 15.1 Å². The Morgan fingerprint density at radius 2 is 2.05 bits per heavy atom. The summed E-state index contributed by atoms with van der Waals surface area (Å²) in [4.78, 5) is 8.73. The normalized spacial score (nSPS) is 14.8. The van der Waals surface area contributed by atoms with Crippen molar-refractivity contribution in [2.75, 3.05) is 7.11 Å². The first kappa shape index (κ1) is 14.1. The van der Waals surface area contributed by atoms with Crippen LogP contribution >= 0.6 is 11.3 Å². The summed E-state index contributed by atoms with van der Waals surface area (Å²) in [5.74, 6) is 1.22. The van der Waals surface area contributed by atoms with E-state index in [1.165, 1.54) is 11.3 Å². The molecule has 0 spiro atoms. The van der Waals surface area contributed by atoms with Gasteiger partial charge in [0.05, 0.1) is 6.04 Å². The van der Waals surface area contributed by atoms with Crippen LogP contribution in [0.15, 0.2) is 9.90 Å². The van der Waals surface area contributed by atoms with Crippen LogP contribution in [-0.4, -0.2) is 22.2 Å². The zero-order valence-electron chi connectivity index (χ0n) is 11.5. The Bertz CT molecular complexity index is 535. The van der Waals surface area contributed by atoms with E-state index in [0.29, 0.717) is 17.4 Å². The molecule has 2 atom stereocenters. The molecule has 0 fully saturated rings. The third kappa shape index (κ3) is 2.99. The van der Waals surface area contributed by atoms with E-state index in [0.717, 1.165) is 5.01 Å². The standard InChI is InChI=1S/C12H18N4O2S/c1-6(2)9(17-4)10-15-11(18-16-10)8-5-19-12(14-8)7(3)13/h5-7,9H,13H2,1-4H3. The number of rotatable bonds is 5. The minimum atomic E-state index is -0.177. The molecule has 2 unspecified atom stereocenters. The van der Waals surface area contributed by atoms with Crippen LogP contribution < -0.4 is 5.73 Å². The maximum Gasteiger partial charge on any atom is 0.277 e. The topological polar surface area (TPSA) is 87.1 Å². The second-order valence-electron chi connectivity index (χ2n) is 4.72. The molecule has 2 heterocycles. The van der Waals surface area contributed by atoms with Gasteiger partial charge >= 0.3 is 0 Å². The van der Waals surface area contributed by atoms with Crippen molar-refractivity contribution < 1.29 is 9.26 Å². The van der Waals surface area contributed by atoms with Crippen molar-refractivity contribution in [2.45, 2.75) is 32.9 Å². The highest BCUT2D eigenvalue weighted by Crippen LogP contribution is 2.27. The van der Waals surface area contributed by atoms with E-state index in [4.69, 9.17) is 15.0 Å². The number of thiazole rings is 1. The van der Waals surface area contributed by atoms with Gasteiger partial charge in [0.1, 0.15) is 16.8 Å². The molecule has 0 aliphatic carbocycles. The molecule has 2 aromatic heterocycles. The van der Waals surface area contributed by atoms with E-state index in [1.807, 2.05) is 26.2 Å². The lowest BCUT2D eigenvalue weighted by atomic mass is 10.1. The first-order chi connectivity index (χ1) is 9.02. The molecule has 0 aliphatic rings. The van der Waals surface area contributed by atoms with Crippen LogP contribution in [0.2, 0.25) is 0 Å². The highest BCUT2D eigenvalue weighted by atomic mass is 32.1. The minimum Gasteiger partial charge on any atom is -0.373 e. The lowest BCUT2D eigenvalue weighted by molar-refractivity contribution is 0.0556. The summed E-state index contributed by atoms with van der Waals surface area (Å²) >= 11 is 1.49. The van der Waals surface area contributed by atoms with E-state index in [1.54, 1.807) is 7.11 Å². The monoisotopic (exact) mass is 282 g/mol. The molecule has 2 rings (SSSR count). The van der Waals surface area contributed by atoms with Gasteiger partial charge in [-0.3, -0.25) is 0 Å². The third-order valence-corrected chi connectivity index (χ3v) is 3.73. The Labute approximate surface area is 116 Å². The number of nitrogens with two attached hydrogens (primary N) is 1. The predicted octanol–water partition coefficient (Wildman–Crippen LogP) is 2.56. The Morgan fingerprint density at radius 1 is 1.32 bits per heavy atom. The van der Waals surface area contributed by atoms with Crippen molar-refractivity contribution >= 4 is 11.3 Å². The van der Waals surface area contributed by atoms with Crippen molar-refractivity contribution in [1.82, 2.24) is 15.1 Å². The summed E-state index contributed by atoms with van der Waals surface area (Å²) < 4.78 is 10.6. The molecule has 2 N–H and O–H groups in total. The zero-order chi connectivity index (χ0) is 14.0. The Balaban J connectivity index is 2.24. The summed E-state index contributed by atoms with van der Waals surface area (Å²) in [5.41, 5.74) is 6.44. The minimum absolute atomic E-state index is 0.0940. The average Bonchev–Trinajstić information content (AvgIpc) is 2.96. The molecule has 0 aromatic carbocycles. The van der Waals surface area contributed by atoms with Crippen LogP contribution in [0, 0.1) is 5.92 Å². The van der Waals surface area contributed by atoms with Gasteiger partial charge in [0.25, 0.3) is 5.89 Å². The predicted molar refractivity (Wildman–Crippen MR) is 72.6 cm³/mol. The van der Waals surface area contributed by atoms with Crippen LogP contribution in [0.1, 0.15) is 43.7 Å². The van der Waals surface area contributed by atoms with Crippen LogP contribution in [0.25, 0.3) is 11.6 Å². The highest BCUT2D eigenvalue weighted by molar-refractivity contribution is 7.10. The van der Waals surface area contributed by atoms with Crippen LogP contribution in [0.3, 0.4) is 0 Å². The van der Waals surface area contributed by atoms with Gasteiger partial charge in [-0.15, -0.1) is 11.3 Å². The fraction of sp³-hybridized carbons (Fsp3) is 0.583. The summed E-state index contributed by atoms with van der Waals surface area (Å²) in [6, 6.07) is -0.0940. The lowest BCUT2D eigenvalue weighted by Crippen LogP contribution is -2.10. The molecule has 0 bridgehead atoms. The number of hydrogen-bond acceptors (Lipinski definition) is 7. The summed E-state index contributed by atoms with van der Waals surface area (Å²) in [5, 5.41) is 6.68. The molecule has 0 saturated carbocycles. The average molecular weight is 282 g/mol. The van der Waals surface area contributed by atoms with Crippen molar-refractivity contribution in [2.24, 2.45) is 11.7 Å². The van der Waals surface area contributed by atoms with E-state index >= 15 is 0 Å². The Morgan fingerprint density at radius 3 is 2.58 bits per heavy atom. The molecule has 19 heavy (non-hydrogen) atoms.